The average molecular weight is 338 g/mol. The Morgan fingerprint density at radius 2 is 2.00 bits per heavy atom. The van der Waals surface area contributed by atoms with Crippen LogP contribution in [-0.2, 0) is 0 Å². The molecule has 0 saturated carbocycles. The van der Waals surface area contributed by atoms with E-state index in [4.69, 9.17) is 4.74 Å². The van der Waals surface area contributed by atoms with Crippen LogP contribution in [0.3, 0.4) is 0 Å². The van der Waals surface area contributed by atoms with E-state index in [2.05, 4.69) is 20.3 Å². The normalized spacial score (nSPS) is 10.7. The van der Waals surface area contributed by atoms with Crippen molar-refractivity contribution in [3.8, 4) is 11.6 Å². The molecule has 2 aromatic carbocycles. The molecule has 0 aliphatic rings. The molecule has 5 nitrogen and oxygen atoms in total. The topological polar surface area (TPSA) is 59.9 Å². The molecule has 118 valence electrons. The summed E-state index contributed by atoms with van der Waals surface area (Å²) in [5.74, 6) is 0.224. The van der Waals surface area contributed by atoms with Crippen molar-refractivity contribution in [1.82, 2.24) is 15.0 Å². The second-order valence-corrected chi connectivity index (χ2v) is 5.93. The van der Waals surface area contributed by atoms with Crippen LogP contribution in [-0.4, -0.2) is 15.0 Å². The van der Waals surface area contributed by atoms with Gasteiger partial charge < -0.3 is 10.1 Å². The Morgan fingerprint density at radius 3 is 2.79 bits per heavy atom. The summed E-state index contributed by atoms with van der Waals surface area (Å²) in [4.78, 5) is 12.3. The van der Waals surface area contributed by atoms with E-state index in [-0.39, 0.29) is 0 Å². The van der Waals surface area contributed by atoms with Crippen molar-refractivity contribution in [3.63, 3.8) is 0 Å². The molecule has 0 aliphatic heterocycles. The van der Waals surface area contributed by atoms with E-state index < -0.39 is 5.82 Å². The number of rotatable bonds is 4. The van der Waals surface area contributed by atoms with E-state index >= 15 is 0 Å². The molecule has 4 aromatic rings. The summed E-state index contributed by atoms with van der Waals surface area (Å²) >= 11 is 1.47. The summed E-state index contributed by atoms with van der Waals surface area (Å²) in [5.41, 5.74) is 1.22. The zero-order valence-corrected chi connectivity index (χ0v) is 13.1. The minimum atomic E-state index is -0.435. The van der Waals surface area contributed by atoms with Crippen LogP contribution in [0.25, 0.3) is 10.2 Å². The van der Waals surface area contributed by atoms with Crippen LogP contribution in [0.2, 0.25) is 0 Å². The van der Waals surface area contributed by atoms with Crippen LogP contribution in [0.4, 0.5) is 15.2 Å². The Hall–Kier alpha value is -3.06. The molecule has 0 fully saturated rings. The number of halogens is 1. The SMILES string of the molecule is Fc1cc(Oc2cnccn2)ccc1Nc1nc2ccccc2s1. The monoisotopic (exact) mass is 338 g/mol. The van der Waals surface area contributed by atoms with Crippen LogP contribution >= 0.6 is 11.3 Å². The molecule has 0 unspecified atom stereocenters. The first kappa shape index (κ1) is 14.5. The summed E-state index contributed by atoms with van der Waals surface area (Å²) in [6.45, 7) is 0. The van der Waals surface area contributed by atoms with Crippen molar-refractivity contribution in [2.45, 2.75) is 0 Å². The number of benzene rings is 2. The second kappa shape index (κ2) is 6.21. The molecular formula is C17H11FN4OS. The van der Waals surface area contributed by atoms with Gasteiger partial charge in [-0.15, -0.1) is 0 Å². The third kappa shape index (κ3) is 3.02. The summed E-state index contributed by atoms with van der Waals surface area (Å²) < 4.78 is 20.8. The number of ether oxygens (including phenoxy) is 1. The lowest BCUT2D eigenvalue weighted by molar-refractivity contribution is 0.456. The van der Waals surface area contributed by atoms with Gasteiger partial charge in [-0.1, -0.05) is 23.5 Å². The average Bonchev–Trinajstić information content (AvgIpc) is 3.01. The van der Waals surface area contributed by atoms with E-state index in [1.54, 1.807) is 18.3 Å². The molecule has 0 saturated heterocycles. The predicted octanol–water partition coefficient (Wildman–Crippen LogP) is 4.76. The molecule has 0 amide bonds. The maximum absolute atomic E-state index is 14.3. The van der Waals surface area contributed by atoms with Crippen molar-refractivity contribution in [2.24, 2.45) is 0 Å². The van der Waals surface area contributed by atoms with Crippen molar-refractivity contribution >= 4 is 32.4 Å². The molecular weight excluding hydrogens is 327 g/mol. The van der Waals surface area contributed by atoms with E-state index in [0.29, 0.717) is 22.4 Å². The number of thiazole rings is 1. The number of aromatic nitrogens is 3. The number of hydrogen-bond donors (Lipinski definition) is 1. The maximum Gasteiger partial charge on any atom is 0.237 e. The van der Waals surface area contributed by atoms with Gasteiger partial charge in [0.25, 0.3) is 0 Å². The highest BCUT2D eigenvalue weighted by Gasteiger charge is 2.09. The van der Waals surface area contributed by atoms with Crippen LogP contribution in [0.1, 0.15) is 0 Å². The molecule has 0 bridgehead atoms. The Balaban J connectivity index is 1.55. The fourth-order valence-corrected chi connectivity index (χ4v) is 3.04. The second-order valence-electron chi connectivity index (χ2n) is 4.90. The highest BCUT2D eigenvalue weighted by Crippen LogP contribution is 2.30. The van der Waals surface area contributed by atoms with Crippen LogP contribution in [0.5, 0.6) is 11.6 Å². The molecule has 4 rings (SSSR count). The zero-order valence-electron chi connectivity index (χ0n) is 12.3. The number of fused-ring (bicyclic) bond motifs is 1. The predicted molar refractivity (Wildman–Crippen MR) is 91.4 cm³/mol. The Labute approximate surface area is 140 Å². The van der Waals surface area contributed by atoms with Gasteiger partial charge in [0.15, 0.2) is 5.13 Å². The van der Waals surface area contributed by atoms with Gasteiger partial charge >= 0.3 is 0 Å². The van der Waals surface area contributed by atoms with Crippen LogP contribution in [0.15, 0.2) is 61.1 Å². The smallest absolute Gasteiger partial charge is 0.237 e. The van der Waals surface area contributed by atoms with Gasteiger partial charge in [-0.3, -0.25) is 4.98 Å². The molecule has 0 atom stereocenters. The number of hydrogen-bond acceptors (Lipinski definition) is 6. The van der Waals surface area contributed by atoms with Gasteiger partial charge in [0.05, 0.1) is 22.1 Å². The summed E-state index contributed by atoms with van der Waals surface area (Å²) in [7, 11) is 0. The first-order chi connectivity index (χ1) is 11.8. The fourth-order valence-electron chi connectivity index (χ4n) is 2.16. The summed E-state index contributed by atoms with van der Waals surface area (Å²) in [5, 5.41) is 3.64. The van der Waals surface area contributed by atoms with Crippen molar-refractivity contribution in [1.29, 1.82) is 0 Å². The van der Waals surface area contributed by atoms with E-state index in [0.717, 1.165) is 10.2 Å². The largest absolute Gasteiger partial charge is 0.437 e. The van der Waals surface area contributed by atoms with Crippen molar-refractivity contribution in [3.05, 3.63) is 66.9 Å². The lowest BCUT2D eigenvalue weighted by Crippen LogP contribution is -1.94. The minimum absolute atomic E-state index is 0.309. The Kier molecular flexibility index (Phi) is 3.76. The maximum atomic E-state index is 14.3. The van der Waals surface area contributed by atoms with Crippen molar-refractivity contribution in [2.75, 3.05) is 5.32 Å². The molecule has 2 heterocycles. The Bertz CT molecular complexity index is 957. The van der Waals surface area contributed by atoms with Gasteiger partial charge in [-0.25, -0.2) is 14.4 Å². The molecule has 7 heteroatoms. The van der Waals surface area contributed by atoms with Crippen LogP contribution < -0.4 is 10.1 Å². The van der Waals surface area contributed by atoms with E-state index in [1.807, 2.05) is 24.3 Å². The number of nitrogens with zero attached hydrogens (tertiary/aromatic N) is 3. The lowest BCUT2D eigenvalue weighted by Gasteiger charge is -2.07. The first-order valence-electron chi connectivity index (χ1n) is 7.14. The highest BCUT2D eigenvalue weighted by atomic mass is 32.1. The van der Waals surface area contributed by atoms with Gasteiger partial charge in [-0.2, -0.15) is 0 Å². The number of para-hydroxylation sites is 1. The Morgan fingerprint density at radius 1 is 1.08 bits per heavy atom. The minimum Gasteiger partial charge on any atom is -0.437 e. The fraction of sp³-hybridized carbons (Fsp3) is 0. The van der Waals surface area contributed by atoms with E-state index in [9.17, 15) is 4.39 Å². The van der Waals surface area contributed by atoms with Gasteiger partial charge in [-0.05, 0) is 24.3 Å². The van der Waals surface area contributed by atoms with Crippen LogP contribution in [0, 0.1) is 5.82 Å². The molecule has 2 aromatic heterocycles. The van der Waals surface area contributed by atoms with Gasteiger partial charge in [0.2, 0.25) is 5.88 Å². The lowest BCUT2D eigenvalue weighted by atomic mass is 10.3. The summed E-state index contributed by atoms with van der Waals surface area (Å²) in [6.07, 6.45) is 4.51. The summed E-state index contributed by atoms with van der Waals surface area (Å²) in [6, 6.07) is 12.3. The number of nitrogens with one attached hydrogen (secondary N) is 1. The third-order valence-corrected chi connectivity index (χ3v) is 4.19. The van der Waals surface area contributed by atoms with Gasteiger partial charge in [0, 0.05) is 18.5 Å². The molecule has 0 radical (unpaired) electrons. The molecule has 0 aliphatic carbocycles. The molecule has 0 spiro atoms. The standard InChI is InChI=1S/C17H11FN4OS/c18-12-9-11(23-16-10-19-7-8-20-16)5-6-13(12)21-17-22-14-3-1-2-4-15(14)24-17/h1-10H,(H,21,22). The quantitative estimate of drug-likeness (QED) is 0.581. The van der Waals surface area contributed by atoms with Crippen molar-refractivity contribution < 1.29 is 9.13 Å². The third-order valence-electron chi connectivity index (χ3n) is 3.24. The first-order valence-corrected chi connectivity index (χ1v) is 7.95. The van der Waals surface area contributed by atoms with E-state index in [1.165, 1.54) is 29.8 Å². The molecule has 1 N–H and O–H groups in total. The number of anilines is 2. The highest BCUT2D eigenvalue weighted by molar-refractivity contribution is 7.22. The molecule has 24 heavy (non-hydrogen) atoms. The zero-order chi connectivity index (χ0) is 16.4. The van der Waals surface area contributed by atoms with Gasteiger partial charge in [0.1, 0.15) is 11.6 Å².